The van der Waals surface area contributed by atoms with Gasteiger partial charge in [0.25, 0.3) is 0 Å². The Morgan fingerprint density at radius 3 is 2.47 bits per heavy atom. The summed E-state index contributed by atoms with van der Waals surface area (Å²) in [5, 5.41) is 0. The van der Waals surface area contributed by atoms with Crippen LogP contribution in [0.5, 0.6) is 0 Å². The van der Waals surface area contributed by atoms with Crippen molar-refractivity contribution in [3.05, 3.63) is 57.3 Å². The van der Waals surface area contributed by atoms with Crippen molar-refractivity contribution >= 4 is 11.3 Å². The van der Waals surface area contributed by atoms with Gasteiger partial charge in [-0.1, -0.05) is 6.07 Å². The summed E-state index contributed by atoms with van der Waals surface area (Å²) in [6.07, 6.45) is 0. The van der Waals surface area contributed by atoms with E-state index >= 15 is 0 Å². The van der Waals surface area contributed by atoms with Gasteiger partial charge >= 0.3 is 0 Å². The second kappa shape index (κ2) is 4.91. The molecule has 1 aromatic carbocycles. The van der Waals surface area contributed by atoms with Gasteiger partial charge in [-0.3, -0.25) is 5.84 Å². The normalized spacial score (nSPS) is 12.7. The molecular weight excluding hydrogens is 242 g/mol. The van der Waals surface area contributed by atoms with Gasteiger partial charge in [-0.2, -0.15) is 0 Å². The molecule has 0 amide bonds. The lowest BCUT2D eigenvalue weighted by atomic mass is 10.1. The summed E-state index contributed by atoms with van der Waals surface area (Å²) in [7, 11) is 0. The number of hydrogen-bond donors (Lipinski definition) is 2. The topological polar surface area (TPSA) is 38.0 Å². The van der Waals surface area contributed by atoms with Crippen molar-refractivity contribution in [3.63, 3.8) is 0 Å². The maximum atomic E-state index is 13.2. The van der Waals surface area contributed by atoms with Crippen molar-refractivity contribution in [3.8, 4) is 0 Å². The maximum Gasteiger partial charge on any atom is 0.159 e. The molecular formula is C12H12F2N2S. The molecule has 0 aliphatic heterocycles. The first-order valence-electron chi connectivity index (χ1n) is 5.09. The lowest BCUT2D eigenvalue weighted by Crippen LogP contribution is -2.28. The first-order chi connectivity index (χ1) is 8.11. The van der Waals surface area contributed by atoms with Crippen LogP contribution in [0.25, 0.3) is 0 Å². The van der Waals surface area contributed by atoms with E-state index < -0.39 is 11.6 Å². The molecule has 3 N–H and O–H groups in total. The van der Waals surface area contributed by atoms with Crippen LogP contribution in [0.2, 0.25) is 0 Å². The third-order valence-corrected chi connectivity index (χ3v) is 3.55. The predicted octanol–water partition coefficient (Wildman–Crippen LogP) is 2.89. The molecule has 1 unspecified atom stereocenters. The van der Waals surface area contributed by atoms with Crippen LogP contribution in [0.4, 0.5) is 8.78 Å². The van der Waals surface area contributed by atoms with E-state index in [1.165, 1.54) is 6.07 Å². The van der Waals surface area contributed by atoms with Gasteiger partial charge in [0.2, 0.25) is 0 Å². The van der Waals surface area contributed by atoms with E-state index in [1.807, 2.05) is 19.1 Å². The third kappa shape index (κ3) is 2.52. The predicted molar refractivity (Wildman–Crippen MR) is 64.6 cm³/mol. The molecule has 1 atom stereocenters. The number of aryl methyl sites for hydroxylation is 1. The van der Waals surface area contributed by atoms with E-state index in [0.29, 0.717) is 5.56 Å². The van der Waals surface area contributed by atoms with Gasteiger partial charge in [0.1, 0.15) is 0 Å². The Hall–Kier alpha value is -1.30. The molecule has 5 heteroatoms. The summed E-state index contributed by atoms with van der Waals surface area (Å²) >= 11 is 1.57. The fraction of sp³-hybridized carbons (Fsp3) is 0.167. The zero-order valence-corrected chi connectivity index (χ0v) is 10.0. The molecule has 0 saturated heterocycles. The van der Waals surface area contributed by atoms with Gasteiger partial charge in [0.15, 0.2) is 11.6 Å². The van der Waals surface area contributed by atoms with Crippen molar-refractivity contribution in [2.45, 2.75) is 13.0 Å². The second-order valence-electron chi connectivity index (χ2n) is 3.72. The number of hydrazine groups is 1. The van der Waals surface area contributed by atoms with E-state index in [0.717, 1.165) is 21.9 Å². The number of nitrogens with one attached hydrogen (secondary N) is 1. The summed E-state index contributed by atoms with van der Waals surface area (Å²) < 4.78 is 26.0. The van der Waals surface area contributed by atoms with Crippen LogP contribution >= 0.6 is 11.3 Å². The van der Waals surface area contributed by atoms with Crippen LogP contribution < -0.4 is 11.3 Å². The number of hydrogen-bond acceptors (Lipinski definition) is 3. The number of thiophene rings is 1. The van der Waals surface area contributed by atoms with Crippen molar-refractivity contribution in [1.82, 2.24) is 5.43 Å². The summed E-state index contributed by atoms with van der Waals surface area (Å²) in [6, 6.07) is 7.36. The Balaban J connectivity index is 2.38. The molecule has 0 spiro atoms. The quantitative estimate of drug-likeness (QED) is 0.653. The van der Waals surface area contributed by atoms with Crippen molar-refractivity contribution in [1.29, 1.82) is 0 Å². The Morgan fingerprint density at radius 2 is 1.94 bits per heavy atom. The SMILES string of the molecule is Cc1ccc(C(NN)c2ccc(F)c(F)c2)s1. The maximum absolute atomic E-state index is 13.2. The van der Waals surface area contributed by atoms with Gasteiger partial charge in [0.05, 0.1) is 6.04 Å². The van der Waals surface area contributed by atoms with Gasteiger partial charge in [-0.05, 0) is 36.8 Å². The van der Waals surface area contributed by atoms with E-state index in [1.54, 1.807) is 11.3 Å². The number of halogens is 2. The molecule has 2 nitrogen and oxygen atoms in total. The summed E-state index contributed by atoms with van der Waals surface area (Å²) in [6.45, 7) is 1.98. The third-order valence-electron chi connectivity index (χ3n) is 2.49. The highest BCUT2D eigenvalue weighted by molar-refractivity contribution is 7.12. The standard InChI is InChI=1S/C12H12F2N2S/c1-7-2-5-11(17-7)12(16-15)8-3-4-9(13)10(14)6-8/h2-6,12,16H,15H2,1H3. The Bertz CT molecular complexity index is 525. The molecule has 1 aromatic heterocycles. The Kier molecular flexibility index (Phi) is 3.51. The van der Waals surface area contributed by atoms with Crippen LogP contribution in [0.3, 0.4) is 0 Å². The van der Waals surface area contributed by atoms with E-state index in [-0.39, 0.29) is 6.04 Å². The lowest BCUT2D eigenvalue weighted by molar-refractivity contribution is 0.504. The minimum Gasteiger partial charge on any atom is -0.271 e. The molecule has 1 heterocycles. The first-order valence-corrected chi connectivity index (χ1v) is 5.91. The van der Waals surface area contributed by atoms with Crippen LogP contribution in [-0.4, -0.2) is 0 Å². The molecule has 17 heavy (non-hydrogen) atoms. The highest BCUT2D eigenvalue weighted by Gasteiger charge is 2.15. The lowest BCUT2D eigenvalue weighted by Gasteiger charge is -2.14. The average molecular weight is 254 g/mol. The number of benzene rings is 1. The average Bonchev–Trinajstić information content (AvgIpc) is 2.71. The smallest absolute Gasteiger partial charge is 0.159 e. The van der Waals surface area contributed by atoms with Gasteiger partial charge in [-0.25, -0.2) is 14.2 Å². The highest BCUT2D eigenvalue weighted by Crippen LogP contribution is 2.28. The van der Waals surface area contributed by atoms with Crippen LogP contribution in [-0.2, 0) is 0 Å². The van der Waals surface area contributed by atoms with Gasteiger partial charge < -0.3 is 0 Å². The van der Waals surface area contributed by atoms with Gasteiger partial charge in [-0.15, -0.1) is 11.3 Å². The monoisotopic (exact) mass is 254 g/mol. The zero-order valence-electron chi connectivity index (χ0n) is 9.21. The minimum absolute atomic E-state index is 0.316. The summed E-state index contributed by atoms with van der Waals surface area (Å²) in [5.74, 6) is 3.76. The van der Waals surface area contributed by atoms with Crippen LogP contribution in [0.15, 0.2) is 30.3 Å². The Morgan fingerprint density at radius 1 is 1.18 bits per heavy atom. The summed E-state index contributed by atoms with van der Waals surface area (Å²) in [5.41, 5.74) is 3.22. The van der Waals surface area contributed by atoms with Crippen LogP contribution in [0.1, 0.15) is 21.4 Å². The zero-order chi connectivity index (χ0) is 12.4. The summed E-state index contributed by atoms with van der Waals surface area (Å²) in [4.78, 5) is 2.11. The molecule has 0 fully saturated rings. The second-order valence-corrected chi connectivity index (χ2v) is 5.04. The first kappa shape index (κ1) is 12.2. The largest absolute Gasteiger partial charge is 0.271 e. The molecule has 2 rings (SSSR count). The molecule has 0 aliphatic carbocycles. The number of nitrogens with two attached hydrogens (primary N) is 1. The van der Waals surface area contributed by atoms with E-state index in [4.69, 9.17) is 5.84 Å². The molecule has 90 valence electrons. The van der Waals surface area contributed by atoms with Crippen molar-refractivity contribution < 1.29 is 8.78 Å². The molecule has 2 aromatic rings. The van der Waals surface area contributed by atoms with Gasteiger partial charge in [0, 0.05) is 9.75 Å². The molecule has 0 aliphatic rings. The molecule has 0 bridgehead atoms. The van der Waals surface area contributed by atoms with Crippen LogP contribution in [0, 0.1) is 18.6 Å². The van der Waals surface area contributed by atoms with Crippen molar-refractivity contribution in [2.24, 2.45) is 5.84 Å². The van der Waals surface area contributed by atoms with E-state index in [2.05, 4.69) is 5.43 Å². The van der Waals surface area contributed by atoms with Crippen molar-refractivity contribution in [2.75, 3.05) is 0 Å². The fourth-order valence-electron chi connectivity index (χ4n) is 1.64. The minimum atomic E-state index is -0.865. The van der Waals surface area contributed by atoms with E-state index in [9.17, 15) is 8.78 Å². The fourth-order valence-corrected chi connectivity index (χ4v) is 2.61. The molecule has 0 saturated carbocycles. The Labute approximate surface area is 102 Å². The highest BCUT2D eigenvalue weighted by atomic mass is 32.1. The molecule has 0 radical (unpaired) electrons. The number of rotatable bonds is 3.